The fraction of sp³-hybridized carbons (Fsp3) is 0.900. The minimum Gasteiger partial charge on any atom is -0.378 e. The summed E-state index contributed by atoms with van der Waals surface area (Å²) in [5, 5.41) is 0. The number of carbonyl (C=O) groups is 1. The summed E-state index contributed by atoms with van der Waals surface area (Å²) >= 11 is 0. The van der Waals surface area contributed by atoms with Crippen molar-refractivity contribution >= 4 is 6.29 Å². The molecule has 0 N–H and O–H groups in total. The average Bonchev–Trinajstić information content (AvgIpc) is 2.19. The van der Waals surface area contributed by atoms with Gasteiger partial charge in [0.05, 0.1) is 12.7 Å². The number of nitrogens with zero attached hydrogens (tertiary/aromatic N) is 1. The molecule has 1 saturated heterocycles. The number of rotatable bonds is 5. The van der Waals surface area contributed by atoms with Gasteiger partial charge in [-0.15, -0.1) is 0 Å². The molecule has 0 aromatic rings. The highest BCUT2D eigenvalue weighted by Crippen LogP contribution is 2.13. The Labute approximate surface area is 80.1 Å². The summed E-state index contributed by atoms with van der Waals surface area (Å²) in [4.78, 5) is 12.5. The minimum absolute atomic E-state index is 0.391. The van der Waals surface area contributed by atoms with Crippen LogP contribution in [0.3, 0.4) is 0 Å². The maximum Gasteiger partial charge on any atom is 0.122 e. The van der Waals surface area contributed by atoms with Crippen molar-refractivity contribution in [1.82, 2.24) is 4.90 Å². The van der Waals surface area contributed by atoms with Gasteiger partial charge in [0.1, 0.15) is 6.29 Å². The first-order valence-electron chi connectivity index (χ1n) is 5.14. The van der Waals surface area contributed by atoms with E-state index in [2.05, 4.69) is 11.8 Å². The van der Waals surface area contributed by atoms with Gasteiger partial charge in [0.15, 0.2) is 0 Å². The summed E-state index contributed by atoms with van der Waals surface area (Å²) in [6, 6.07) is 0. The SMILES string of the molecule is CCN1CCC(OCCC=O)CC1. The Morgan fingerprint density at radius 1 is 1.46 bits per heavy atom. The van der Waals surface area contributed by atoms with Crippen molar-refractivity contribution in [2.24, 2.45) is 0 Å². The first-order chi connectivity index (χ1) is 6.36. The Morgan fingerprint density at radius 2 is 2.15 bits per heavy atom. The molecular weight excluding hydrogens is 166 g/mol. The van der Waals surface area contributed by atoms with Gasteiger partial charge in [-0.05, 0) is 19.4 Å². The molecule has 1 rings (SSSR count). The number of hydrogen-bond donors (Lipinski definition) is 0. The molecule has 0 atom stereocenters. The van der Waals surface area contributed by atoms with Crippen LogP contribution in [0.1, 0.15) is 26.2 Å². The number of aldehydes is 1. The van der Waals surface area contributed by atoms with E-state index in [1.54, 1.807) is 0 Å². The van der Waals surface area contributed by atoms with Gasteiger partial charge in [0.25, 0.3) is 0 Å². The molecule has 0 saturated carbocycles. The van der Waals surface area contributed by atoms with E-state index < -0.39 is 0 Å². The van der Waals surface area contributed by atoms with E-state index in [9.17, 15) is 4.79 Å². The molecule has 0 aliphatic carbocycles. The summed E-state index contributed by atoms with van der Waals surface area (Å²) in [6.07, 6.45) is 4.08. The van der Waals surface area contributed by atoms with Gasteiger partial charge >= 0.3 is 0 Å². The van der Waals surface area contributed by atoms with Crippen molar-refractivity contribution in [2.45, 2.75) is 32.3 Å². The lowest BCUT2D eigenvalue weighted by Gasteiger charge is -2.30. The van der Waals surface area contributed by atoms with E-state index in [4.69, 9.17) is 4.74 Å². The highest BCUT2D eigenvalue weighted by Gasteiger charge is 2.17. The van der Waals surface area contributed by atoms with Crippen molar-refractivity contribution in [3.8, 4) is 0 Å². The van der Waals surface area contributed by atoms with Gasteiger partial charge in [-0.1, -0.05) is 6.92 Å². The number of carbonyl (C=O) groups excluding carboxylic acids is 1. The van der Waals surface area contributed by atoms with Crippen molar-refractivity contribution in [1.29, 1.82) is 0 Å². The van der Waals surface area contributed by atoms with Crippen LogP contribution in [-0.4, -0.2) is 43.5 Å². The molecule has 0 aromatic carbocycles. The molecule has 3 heteroatoms. The fourth-order valence-corrected chi connectivity index (χ4v) is 1.67. The number of piperidine rings is 1. The van der Waals surface area contributed by atoms with E-state index in [1.807, 2.05) is 0 Å². The third-order valence-electron chi connectivity index (χ3n) is 2.57. The molecule has 1 aliphatic rings. The second-order valence-corrected chi connectivity index (χ2v) is 3.46. The molecule has 0 bridgehead atoms. The lowest BCUT2D eigenvalue weighted by Crippen LogP contribution is -2.36. The molecule has 0 radical (unpaired) electrons. The predicted molar refractivity (Wildman–Crippen MR) is 51.8 cm³/mol. The van der Waals surface area contributed by atoms with E-state index in [0.717, 1.165) is 38.8 Å². The van der Waals surface area contributed by atoms with Crippen LogP contribution in [0.25, 0.3) is 0 Å². The topological polar surface area (TPSA) is 29.5 Å². The number of likely N-dealkylation sites (tertiary alicyclic amines) is 1. The van der Waals surface area contributed by atoms with Crippen LogP contribution in [0, 0.1) is 0 Å². The molecule has 0 aromatic heterocycles. The Bertz CT molecular complexity index is 142. The molecular formula is C10H19NO2. The van der Waals surface area contributed by atoms with Crippen LogP contribution in [-0.2, 0) is 9.53 Å². The average molecular weight is 185 g/mol. The summed E-state index contributed by atoms with van der Waals surface area (Å²) < 4.78 is 5.56. The maximum absolute atomic E-state index is 10.1. The summed E-state index contributed by atoms with van der Waals surface area (Å²) in [7, 11) is 0. The molecule has 0 spiro atoms. The van der Waals surface area contributed by atoms with Crippen molar-refractivity contribution in [2.75, 3.05) is 26.2 Å². The van der Waals surface area contributed by atoms with E-state index in [0.29, 0.717) is 19.1 Å². The van der Waals surface area contributed by atoms with Gasteiger partial charge in [0.2, 0.25) is 0 Å². The molecule has 1 aliphatic heterocycles. The number of ether oxygens (including phenoxy) is 1. The maximum atomic E-state index is 10.1. The molecule has 0 amide bonds. The van der Waals surface area contributed by atoms with Gasteiger partial charge in [-0.2, -0.15) is 0 Å². The lowest BCUT2D eigenvalue weighted by molar-refractivity contribution is -0.109. The third kappa shape index (κ3) is 3.87. The van der Waals surface area contributed by atoms with Gasteiger partial charge in [-0.25, -0.2) is 0 Å². The zero-order valence-electron chi connectivity index (χ0n) is 8.37. The van der Waals surface area contributed by atoms with Crippen LogP contribution in [0.4, 0.5) is 0 Å². The van der Waals surface area contributed by atoms with Crippen molar-refractivity contribution in [3.05, 3.63) is 0 Å². The number of hydrogen-bond acceptors (Lipinski definition) is 3. The van der Waals surface area contributed by atoms with E-state index in [1.165, 1.54) is 0 Å². The fourth-order valence-electron chi connectivity index (χ4n) is 1.67. The molecule has 1 heterocycles. The van der Waals surface area contributed by atoms with Crippen LogP contribution in [0.2, 0.25) is 0 Å². The first kappa shape index (κ1) is 10.7. The largest absolute Gasteiger partial charge is 0.378 e. The summed E-state index contributed by atoms with van der Waals surface area (Å²) in [5.74, 6) is 0. The van der Waals surface area contributed by atoms with Crippen LogP contribution in [0.5, 0.6) is 0 Å². The van der Waals surface area contributed by atoms with Crippen molar-refractivity contribution < 1.29 is 9.53 Å². The van der Waals surface area contributed by atoms with E-state index in [-0.39, 0.29) is 0 Å². The normalized spacial score (nSPS) is 20.4. The Balaban J connectivity index is 2.06. The van der Waals surface area contributed by atoms with Crippen LogP contribution < -0.4 is 0 Å². The molecule has 13 heavy (non-hydrogen) atoms. The smallest absolute Gasteiger partial charge is 0.122 e. The summed E-state index contributed by atoms with van der Waals surface area (Å²) in [6.45, 7) is 6.21. The third-order valence-corrected chi connectivity index (χ3v) is 2.57. The van der Waals surface area contributed by atoms with Gasteiger partial charge < -0.3 is 14.4 Å². The summed E-state index contributed by atoms with van der Waals surface area (Å²) in [5.41, 5.74) is 0. The Kier molecular flexibility index (Phi) is 5.01. The molecule has 3 nitrogen and oxygen atoms in total. The molecule has 0 unspecified atom stereocenters. The zero-order chi connectivity index (χ0) is 9.52. The van der Waals surface area contributed by atoms with Crippen LogP contribution in [0.15, 0.2) is 0 Å². The highest BCUT2D eigenvalue weighted by molar-refractivity contribution is 5.49. The van der Waals surface area contributed by atoms with Gasteiger partial charge in [-0.3, -0.25) is 0 Å². The lowest BCUT2D eigenvalue weighted by atomic mass is 10.1. The molecule has 76 valence electrons. The highest BCUT2D eigenvalue weighted by atomic mass is 16.5. The van der Waals surface area contributed by atoms with Gasteiger partial charge in [0, 0.05) is 19.5 Å². The monoisotopic (exact) mass is 185 g/mol. The second-order valence-electron chi connectivity index (χ2n) is 3.46. The minimum atomic E-state index is 0.391. The zero-order valence-corrected chi connectivity index (χ0v) is 8.37. The Hall–Kier alpha value is -0.410. The second kappa shape index (κ2) is 6.11. The quantitative estimate of drug-likeness (QED) is 0.474. The first-order valence-corrected chi connectivity index (χ1v) is 5.14. The van der Waals surface area contributed by atoms with Crippen LogP contribution >= 0.6 is 0 Å². The standard InChI is InChI=1S/C10H19NO2/c1-2-11-6-4-10(5-7-11)13-9-3-8-12/h8,10H,2-7,9H2,1H3. The predicted octanol–water partition coefficient (Wildman–Crippen LogP) is 1.08. The van der Waals surface area contributed by atoms with Crippen molar-refractivity contribution in [3.63, 3.8) is 0 Å². The van der Waals surface area contributed by atoms with E-state index >= 15 is 0 Å². The Morgan fingerprint density at radius 3 is 2.69 bits per heavy atom. The molecule has 1 fully saturated rings.